The van der Waals surface area contributed by atoms with Crippen LogP contribution in [0.25, 0.3) is 10.2 Å². The van der Waals surface area contributed by atoms with Crippen LogP contribution in [0, 0.1) is 13.8 Å². The summed E-state index contributed by atoms with van der Waals surface area (Å²) in [5, 5.41) is 0.702. The number of rotatable bonds is 7. The highest BCUT2D eigenvalue weighted by atomic mass is 35.5. The van der Waals surface area contributed by atoms with Crippen molar-refractivity contribution in [2.24, 2.45) is 0 Å². The van der Waals surface area contributed by atoms with E-state index in [0.29, 0.717) is 23.8 Å². The van der Waals surface area contributed by atoms with Crippen molar-refractivity contribution in [3.63, 3.8) is 0 Å². The molecule has 0 radical (unpaired) electrons. The fourth-order valence-corrected chi connectivity index (χ4v) is 4.14. The highest BCUT2D eigenvalue weighted by molar-refractivity contribution is 7.22. The molecule has 0 bridgehead atoms. The molecule has 3 aromatic rings. The first-order valence-corrected chi connectivity index (χ1v) is 10.3. The summed E-state index contributed by atoms with van der Waals surface area (Å²) in [6, 6.07) is 11.9. The molecule has 1 heterocycles. The number of nitrogens with zero attached hydrogens (tertiary/aromatic N) is 3. The van der Waals surface area contributed by atoms with Crippen LogP contribution in [0.3, 0.4) is 0 Å². The Kier molecular flexibility index (Phi) is 8.02. The van der Waals surface area contributed by atoms with Gasteiger partial charge in [-0.05, 0) is 59.1 Å². The van der Waals surface area contributed by atoms with Crippen LogP contribution in [-0.2, 0) is 0 Å². The number of carbonyl (C=O) groups excluding carboxylic acids is 1. The Morgan fingerprint density at radius 1 is 1.10 bits per heavy atom. The van der Waals surface area contributed by atoms with Crippen molar-refractivity contribution in [1.82, 2.24) is 9.88 Å². The van der Waals surface area contributed by atoms with Crippen molar-refractivity contribution in [2.45, 2.75) is 20.8 Å². The third-order valence-electron chi connectivity index (χ3n) is 4.39. The van der Waals surface area contributed by atoms with E-state index in [4.69, 9.17) is 9.72 Å². The van der Waals surface area contributed by atoms with Crippen LogP contribution >= 0.6 is 23.7 Å². The number of benzene rings is 2. The van der Waals surface area contributed by atoms with E-state index < -0.39 is 0 Å². The van der Waals surface area contributed by atoms with Gasteiger partial charge in [-0.3, -0.25) is 9.69 Å². The number of ether oxygens (including phenoxy) is 1. The van der Waals surface area contributed by atoms with Crippen molar-refractivity contribution in [3.8, 4) is 5.75 Å². The lowest BCUT2D eigenvalue weighted by Crippen LogP contribution is -2.36. The molecule has 156 valence electrons. The zero-order chi connectivity index (χ0) is 20.3. The fraction of sp³-hybridized carbons (Fsp3) is 0.364. The molecule has 0 saturated heterocycles. The average Bonchev–Trinajstić information content (AvgIpc) is 3.06. The number of likely N-dealkylation sites (N-methyl/N-ethyl adjacent to an activating group) is 1. The van der Waals surface area contributed by atoms with Gasteiger partial charge in [0.05, 0.1) is 11.3 Å². The maximum atomic E-state index is 13.4. The molecule has 2 aromatic carbocycles. The Hall–Kier alpha value is -2.15. The highest BCUT2D eigenvalue weighted by Gasteiger charge is 2.22. The van der Waals surface area contributed by atoms with Gasteiger partial charge in [-0.25, -0.2) is 4.98 Å². The van der Waals surface area contributed by atoms with Gasteiger partial charge in [-0.15, -0.1) is 12.4 Å². The summed E-state index contributed by atoms with van der Waals surface area (Å²) in [5.74, 6) is 0.736. The Labute approximate surface area is 182 Å². The number of aryl methyl sites for hydroxylation is 2. The molecule has 0 atom stereocenters. The van der Waals surface area contributed by atoms with Gasteiger partial charge in [-0.1, -0.05) is 34.6 Å². The van der Waals surface area contributed by atoms with Crippen LogP contribution in [0.2, 0.25) is 0 Å². The third kappa shape index (κ3) is 5.47. The normalized spacial score (nSPS) is 10.8. The Morgan fingerprint density at radius 2 is 1.79 bits per heavy atom. The Bertz CT molecular complexity index is 967. The van der Waals surface area contributed by atoms with Crippen molar-refractivity contribution in [2.75, 3.05) is 38.7 Å². The van der Waals surface area contributed by atoms with Crippen molar-refractivity contribution < 1.29 is 9.53 Å². The molecule has 0 N–H and O–H groups in total. The molecule has 0 unspecified atom stereocenters. The molecule has 7 heteroatoms. The summed E-state index contributed by atoms with van der Waals surface area (Å²) < 4.78 is 6.74. The maximum Gasteiger partial charge on any atom is 0.260 e. The standard InChI is InChI=1S/C22H27N3O2S.ClH/c1-6-27-18-8-7-9-19-20(18)23-22(28-19)25(11-10-24(4)5)21(26)17-13-15(2)12-16(3)14-17;/h7-9,12-14H,6,10-11H2,1-5H3;1H. The molecule has 1 amide bonds. The number of halogens is 1. The average molecular weight is 434 g/mol. The molecule has 0 fully saturated rings. The Balaban J connectivity index is 0.00000300. The number of hydrogen-bond acceptors (Lipinski definition) is 5. The largest absolute Gasteiger partial charge is 0.492 e. The SMILES string of the molecule is CCOc1cccc2sc(N(CCN(C)C)C(=O)c3cc(C)cc(C)c3)nc12.Cl. The van der Waals surface area contributed by atoms with Gasteiger partial charge in [0.25, 0.3) is 5.91 Å². The molecule has 0 spiro atoms. The van der Waals surface area contributed by atoms with E-state index in [1.54, 1.807) is 4.90 Å². The van der Waals surface area contributed by atoms with Gasteiger partial charge >= 0.3 is 0 Å². The van der Waals surface area contributed by atoms with Crippen LogP contribution in [0.15, 0.2) is 36.4 Å². The topological polar surface area (TPSA) is 45.7 Å². The number of fused-ring (bicyclic) bond motifs is 1. The molecular formula is C22H28ClN3O2S. The molecular weight excluding hydrogens is 406 g/mol. The van der Waals surface area contributed by atoms with E-state index in [1.807, 2.05) is 65.2 Å². The summed E-state index contributed by atoms with van der Waals surface area (Å²) in [6.45, 7) is 7.89. The van der Waals surface area contributed by atoms with Crippen LogP contribution in [0.5, 0.6) is 5.75 Å². The summed E-state index contributed by atoms with van der Waals surface area (Å²) in [7, 11) is 4.01. The van der Waals surface area contributed by atoms with Crippen LogP contribution in [0.1, 0.15) is 28.4 Å². The lowest BCUT2D eigenvalue weighted by atomic mass is 10.1. The molecule has 3 rings (SSSR count). The molecule has 29 heavy (non-hydrogen) atoms. The first-order valence-electron chi connectivity index (χ1n) is 9.46. The Morgan fingerprint density at radius 3 is 2.41 bits per heavy atom. The second-order valence-corrected chi connectivity index (χ2v) is 8.18. The minimum Gasteiger partial charge on any atom is -0.492 e. The summed E-state index contributed by atoms with van der Waals surface area (Å²) in [5.41, 5.74) is 3.67. The first kappa shape index (κ1) is 23.1. The maximum absolute atomic E-state index is 13.4. The van der Waals surface area contributed by atoms with E-state index in [2.05, 4.69) is 11.0 Å². The van der Waals surface area contributed by atoms with Crippen LogP contribution in [0.4, 0.5) is 5.13 Å². The second kappa shape index (κ2) is 10.1. The number of aromatic nitrogens is 1. The quantitative estimate of drug-likeness (QED) is 0.529. The number of hydrogen-bond donors (Lipinski definition) is 0. The van der Waals surface area contributed by atoms with E-state index in [9.17, 15) is 4.79 Å². The lowest BCUT2D eigenvalue weighted by Gasteiger charge is -2.22. The lowest BCUT2D eigenvalue weighted by molar-refractivity contribution is 0.0985. The summed E-state index contributed by atoms with van der Waals surface area (Å²) >= 11 is 1.52. The third-order valence-corrected chi connectivity index (χ3v) is 5.43. The van der Waals surface area contributed by atoms with Crippen molar-refractivity contribution in [3.05, 3.63) is 53.1 Å². The minimum atomic E-state index is -0.0225. The zero-order valence-electron chi connectivity index (χ0n) is 17.6. The van der Waals surface area contributed by atoms with Gasteiger partial charge < -0.3 is 9.64 Å². The van der Waals surface area contributed by atoms with Gasteiger partial charge in [0.15, 0.2) is 5.13 Å². The van der Waals surface area contributed by atoms with Crippen molar-refractivity contribution >= 4 is 45.0 Å². The molecule has 0 aliphatic rings. The molecule has 0 saturated carbocycles. The molecule has 5 nitrogen and oxygen atoms in total. The number of thiazole rings is 1. The van der Waals surface area contributed by atoms with Crippen LogP contribution < -0.4 is 9.64 Å². The van der Waals surface area contributed by atoms with Gasteiger partial charge in [-0.2, -0.15) is 0 Å². The van der Waals surface area contributed by atoms with Crippen LogP contribution in [-0.4, -0.2) is 49.6 Å². The zero-order valence-corrected chi connectivity index (χ0v) is 19.2. The minimum absolute atomic E-state index is 0. The number of anilines is 1. The highest BCUT2D eigenvalue weighted by Crippen LogP contribution is 2.34. The number of para-hydroxylation sites is 1. The van der Waals surface area contributed by atoms with E-state index >= 15 is 0 Å². The number of amides is 1. The molecule has 0 aliphatic heterocycles. The first-order chi connectivity index (χ1) is 13.4. The molecule has 1 aromatic heterocycles. The van der Waals surface area contributed by atoms with E-state index in [-0.39, 0.29) is 18.3 Å². The smallest absolute Gasteiger partial charge is 0.260 e. The predicted octanol–water partition coefficient (Wildman–Crippen LogP) is 4.94. The predicted molar refractivity (Wildman–Crippen MR) is 124 cm³/mol. The van der Waals surface area contributed by atoms with Gasteiger partial charge in [0.1, 0.15) is 11.3 Å². The number of carbonyl (C=O) groups is 1. The van der Waals surface area contributed by atoms with Gasteiger partial charge in [0.2, 0.25) is 0 Å². The summed E-state index contributed by atoms with van der Waals surface area (Å²) in [6.07, 6.45) is 0. The molecule has 0 aliphatic carbocycles. The summed E-state index contributed by atoms with van der Waals surface area (Å²) in [4.78, 5) is 22.0. The second-order valence-electron chi connectivity index (χ2n) is 7.17. The van der Waals surface area contributed by atoms with Crippen molar-refractivity contribution in [1.29, 1.82) is 0 Å². The van der Waals surface area contributed by atoms with E-state index in [1.165, 1.54) is 11.3 Å². The fourth-order valence-electron chi connectivity index (χ4n) is 3.14. The van der Waals surface area contributed by atoms with Gasteiger partial charge in [0, 0.05) is 18.7 Å². The van der Waals surface area contributed by atoms with E-state index in [0.717, 1.165) is 33.6 Å². The monoisotopic (exact) mass is 433 g/mol.